The first kappa shape index (κ1) is 20.1. The molecular weight excluding hydrogens is 382 g/mol. The zero-order valence-electron chi connectivity index (χ0n) is 16.1. The highest BCUT2D eigenvalue weighted by Gasteiger charge is 2.32. The van der Waals surface area contributed by atoms with Gasteiger partial charge in [-0.3, -0.25) is 4.79 Å². The van der Waals surface area contributed by atoms with Crippen LogP contribution in [0.3, 0.4) is 0 Å². The van der Waals surface area contributed by atoms with E-state index in [2.05, 4.69) is 20.8 Å². The van der Waals surface area contributed by atoms with Crippen LogP contribution in [0.4, 0.5) is 4.79 Å². The Kier molecular flexibility index (Phi) is 5.88. The molecule has 0 aliphatic heterocycles. The summed E-state index contributed by atoms with van der Waals surface area (Å²) >= 11 is 6.09. The van der Waals surface area contributed by atoms with Gasteiger partial charge < -0.3 is 15.4 Å². The molecule has 8 nitrogen and oxygen atoms in total. The Balaban J connectivity index is 1.72. The number of alkyl carbamates (subject to hydrolysis) is 1. The summed E-state index contributed by atoms with van der Waals surface area (Å²) in [5, 5.41) is 14.5. The Morgan fingerprint density at radius 3 is 2.43 bits per heavy atom. The molecule has 0 spiro atoms. The Morgan fingerprint density at radius 2 is 1.79 bits per heavy atom. The van der Waals surface area contributed by atoms with Crippen molar-refractivity contribution in [1.82, 2.24) is 25.6 Å². The number of carbonyl (C=O) groups is 2. The molecule has 0 saturated heterocycles. The predicted octanol–water partition coefficient (Wildman–Crippen LogP) is 3.10. The maximum Gasteiger partial charge on any atom is 0.407 e. The van der Waals surface area contributed by atoms with Gasteiger partial charge in [0.25, 0.3) is 5.91 Å². The lowest BCUT2D eigenvalue weighted by molar-refractivity contribution is 0.0495. The number of aromatic nitrogens is 3. The molecule has 1 aromatic carbocycles. The topological polar surface area (TPSA) is 98.1 Å². The second kappa shape index (κ2) is 8.18. The van der Waals surface area contributed by atoms with Crippen molar-refractivity contribution in [3.05, 3.63) is 41.2 Å². The Morgan fingerprint density at radius 1 is 1.14 bits per heavy atom. The van der Waals surface area contributed by atoms with Gasteiger partial charge in [-0.2, -0.15) is 15.0 Å². The van der Waals surface area contributed by atoms with Crippen molar-refractivity contribution >= 4 is 23.6 Å². The minimum absolute atomic E-state index is 0.190. The average molecular weight is 406 g/mol. The van der Waals surface area contributed by atoms with E-state index in [0.29, 0.717) is 16.3 Å². The van der Waals surface area contributed by atoms with Crippen LogP contribution in [0.1, 0.15) is 50.4 Å². The van der Waals surface area contributed by atoms with Crippen LogP contribution in [0.25, 0.3) is 5.69 Å². The van der Waals surface area contributed by atoms with E-state index in [4.69, 9.17) is 16.3 Å². The molecule has 28 heavy (non-hydrogen) atoms. The zero-order chi connectivity index (χ0) is 20.3. The number of amides is 2. The van der Waals surface area contributed by atoms with E-state index in [1.807, 2.05) is 20.8 Å². The fourth-order valence-electron chi connectivity index (χ4n) is 3.22. The fraction of sp³-hybridized carbons (Fsp3) is 0.474. The van der Waals surface area contributed by atoms with Crippen LogP contribution in [0.2, 0.25) is 5.02 Å². The van der Waals surface area contributed by atoms with Crippen molar-refractivity contribution in [2.45, 2.75) is 57.7 Å². The molecule has 1 aliphatic carbocycles. The van der Waals surface area contributed by atoms with Crippen LogP contribution >= 0.6 is 11.6 Å². The number of nitrogens with one attached hydrogen (secondary N) is 2. The SMILES string of the molecule is CC(C)(C)OC(=O)N[C@H]1CCC[C@@H]1NC(=O)c1cc(Cl)ccc1-n1nccn1. The van der Waals surface area contributed by atoms with Crippen molar-refractivity contribution in [3.63, 3.8) is 0 Å². The molecule has 1 heterocycles. The molecule has 3 rings (SSSR count). The second-order valence-electron chi connectivity index (χ2n) is 7.74. The third-order valence-electron chi connectivity index (χ3n) is 4.37. The molecule has 1 fully saturated rings. The van der Waals surface area contributed by atoms with Crippen molar-refractivity contribution in [2.75, 3.05) is 0 Å². The first-order valence-electron chi connectivity index (χ1n) is 9.19. The summed E-state index contributed by atoms with van der Waals surface area (Å²) in [6, 6.07) is 4.57. The van der Waals surface area contributed by atoms with Crippen molar-refractivity contribution in [3.8, 4) is 5.69 Å². The smallest absolute Gasteiger partial charge is 0.407 e. The van der Waals surface area contributed by atoms with Gasteiger partial charge in [-0.15, -0.1) is 0 Å². The molecule has 1 aromatic heterocycles. The van der Waals surface area contributed by atoms with E-state index in [-0.39, 0.29) is 18.0 Å². The van der Waals surface area contributed by atoms with E-state index in [0.717, 1.165) is 19.3 Å². The molecule has 2 amide bonds. The van der Waals surface area contributed by atoms with Gasteiger partial charge in [0.05, 0.1) is 29.7 Å². The van der Waals surface area contributed by atoms with Crippen LogP contribution < -0.4 is 10.6 Å². The number of halogens is 1. The summed E-state index contributed by atoms with van der Waals surface area (Å²) in [6.07, 6.45) is 5.02. The molecule has 2 atom stereocenters. The Hall–Kier alpha value is -2.61. The third-order valence-corrected chi connectivity index (χ3v) is 4.61. The second-order valence-corrected chi connectivity index (χ2v) is 8.18. The van der Waals surface area contributed by atoms with Gasteiger partial charge in [-0.1, -0.05) is 11.6 Å². The fourth-order valence-corrected chi connectivity index (χ4v) is 3.39. The number of hydrogen-bond donors (Lipinski definition) is 2. The number of ether oxygens (including phenoxy) is 1. The molecule has 0 bridgehead atoms. The Bertz CT molecular complexity index is 848. The highest BCUT2D eigenvalue weighted by atomic mass is 35.5. The van der Waals surface area contributed by atoms with E-state index < -0.39 is 11.7 Å². The predicted molar refractivity (Wildman–Crippen MR) is 105 cm³/mol. The van der Waals surface area contributed by atoms with Crippen molar-refractivity contribution in [2.24, 2.45) is 0 Å². The normalized spacial score (nSPS) is 19.3. The van der Waals surface area contributed by atoms with Crippen molar-refractivity contribution in [1.29, 1.82) is 0 Å². The van der Waals surface area contributed by atoms with Crippen LogP contribution in [0, 0.1) is 0 Å². The summed E-state index contributed by atoms with van der Waals surface area (Å²) < 4.78 is 5.32. The number of nitrogens with zero attached hydrogens (tertiary/aromatic N) is 3. The van der Waals surface area contributed by atoms with Gasteiger partial charge in [0.1, 0.15) is 5.60 Å². The lowest BCUT2D eigenvalue weighted by Gasteiger charge is -2.25. The van der Waals surface area contributed by atoms with Gasteiger partial charge >= 0.3 is 6.09 Å². The number of rotatable bonds is 4. The van der Waals surface area contributed by atoms with E-state index in [9.17, 15) is 9.59 Å². The summed E-state index contributed by atoms with van der Waals surface area (Å²) in [5.74, 6) is -0.294. The molecule has 0 unspecified atom stereocenters. The summed E-state index contributed by atoms with van der Waals surface area (Å²) in [5.41, 5.74) is 0.321. The molecule has 2 aromatic rings. The standard InChI is InChI=1S/C19H24ClN5O3/c1-19(2,3)28-18(27)24-15-6-4-5-14(15)23-17(26)13-11-12(20)7-8-16(13)25-21-9-10-22-25/h7-11,14-15H,4-6H2,1-3H3,(H,23,26)(H,24,27)/t14-,15-/m0/s1. The van der Waals surface area contributed by atoms with E-state index >= 15 is 0 Å². The molecule has 0 radical (unpaired) electrons. The molecular formula is C19H24ClN5O3. The monoisotopic (exact) mass is 405 g/mol. The van der Waals surface area contributed by atoms with Gasteiger partial charge in [0.2, 0.25) is 0 Å². The van der Waals surface area contributed by atoms with Gasteiger partial charge in [-0.05, 0) is 58.2 Å². The van der Waals surface area contributed by atoms with Crippen molar-refractivity contribution < 1.29 is 14.3 Å². The number of carbonyl (C=O) groups excluding carboxylic acids is 2. The molecule has 2 N–H and O–H groups in total. The third kappa shape index (κ3) is 5.01. The summed E-state index contributed by atoms with van der Waals surface area (Å²) in [7, 11) is 0. The van der Waals surface area contributed by atoms with Crippen LogP contribution in [-0.2, 0) is 4.74 Å². The molecule has 1 aliphatic rings. The van der Waals surface area contributed by atoms with Crippen LogP contribution in [-0.4, -0.2) is 44.7 Å². The zero-order valence-corrected chi connectivity index (χ0v) is 16.9. The lowest BCUT2D eigenvalue weighted by atomic mass is 10.1. The lowest BCUT2D eigenvalue weighted by Crippen LogP contribution is -2.49. The number of hydrogen-bond acceptors (Lipinski definition) is 5. The minimum atomic E-state index is -0.576. The van der Waals surface area contributed by atoms with Crippen LogP contribution in [0.15, 0.2) is 30.6 Å². The maximum absolute atomic E-state index is 12.9. The summed E-state index contributed by atoms with van der Waals surface area (Å²) in [4.78, 5) is 26.4. The molecule has 9 heteroatoms. The van der Waals surface area contributed by atoms with Gasteiger partial charge in [0, 0.05) is 11.1 Å². The molecule has 150 valence electrons. The van der Waals surface area contributed by atoms with Gasteiger partial charge in [-0.25, -0.2) is 4.79 Å². The number of benzene rings is 1. The first-order chi connectivity index (χ1) is 13.2. The maximum atomic E-state index is 12.9. The van der Waals surface area contributed by atoms with E-state index in [1.165, 1.54) is 17.2 Å². The first-order valence-corrected chi connectivity index (χ1v) is 9.57. The highest BCUT2D eigenvalue weighted by Crippen LogP contribution is 2.23. The average Bonchev–Trinajstić information content (AvgIpc) is 3.25. The minimum Gasteiger partial charge on any atom is -0.444 e. The molecule has 1 saturated carbocycles. The van der Waals surface area contributed by atoms with Crippen LogP contribution in [0.5, 0.6) is 0 Å². The summed E-state index contributed by atoms with van der Waals surface area (Å²) in [6.45, 7) is 5.43. The quantitative estimate of drug-likeness (QED) is 0.814. The van der Waals surface area contributed by atoms with Gasteiger partial charge in [0.15, 0.2) is 0 Å². The Labute approximate surface area is 168 Å². The largest absolute Gasteiger partial charge is 0.444 e. The highest BCUT2D eigenvalue weighted by molar-refractivity contribution is 6.31. The van der Waals surface area contributed by atoms with E-state index in [1.54, 1.807) is 18.2 Å².